The van der Waals surface area contributed by atoms with E-state index in [1.165, 1.54) is 16.4 Å². The SMILES string of the molecule is CC1(C)c2cc(I)ccc2C2CCC=CC21. The summed E-state index contributed by atoms with van der Waals surface area (Å²) in [5.41, 5.74) is 3.51. The molecule has 0 amide bonds. The van der Waals surface area contributed by atoms with E-state index >= 15 is 0 Å². The van der Waals surface area contributed by atoms with E-state index in [-0.39, 0.29) is 0 Å². The van der Waals surface area contributed by atoms with Gasteiger partial charge in [-0.25, -0.2) is 0 Å². The summed E-state index contributed by atoms with van der Waals surface area (Å²) in [6.45, 7) is 4.81. The molecule has 0 N–H and O–H groups in total. The van der Waals surface area contributed by atoms with Gasteiger partial charge >= 0.3 is 0 Å². The van der Waals surface area contributed by atoms with Gasteiger partial charge in [-0.1, -0.05) is 32.1 Å². The van der Waals surface area contributed by atoms with Crippen molar-refractivity contribution in [2.24, 2.45) is 5.92 Å². The van der Waals surface area contributed by atoms with Gasteiger partial charge in [-0.2, -0.15) is 0 Å². The molecule has 2 aliphatic carbocycles. The Hall–Kier alpha value is -0.310. The quantitative estimate of drug-likeness (QED) is 0.482. The first kappa shape index (κ1) is 10.8. The highest BCUT2D eigenvalue weighted by atomic mass is 127. The fraction of sp³-hybridized carbons (Fsp3) is 0.467. The number of halogens is 1. The Morgan fingerprint density at radius 3 is 2.94 bits per heavy atom. The van der Waals surface area contributed by atoms with E-state index in [0.717, 1.165) is 11.8 Å². The molecule has 2 aliphatic rings. The van der Waals surface area contributed by atoms with Gasteiger partial charge in [0, 0.05) is 3.57 Å². The topological polar surface area (TPSA) is 0 Å². The molecule has 2 unspecified atom stereocenters. The molecule has 3 rings (SSSR count). The molecular weight excluding hydrogens is 307 g/mol. The summed E-state index contributed by atoms with van der Waals surface area (Å²) in [7, 11) is 0. The van der Waals surface area contributed by atoms with Crippen LogP contribution in [-0.2, 0) is 5.41 Å². The van der Waals surface area contributed by atoms with Gasteiger partial charge in [0.1, 0.15) is 0 Å². The summed E-state index contributed by atoms with van der Waals surface area (Å²) >= 11 is 2.43. The summed E-state index contributed by atoms with van der Waals surface area (Å²) in [6, 6.07) is 7.01. The Kier molecular flexibility index (Phi) is 2.43. The Morgan fingerprint density at radius 2 is 2.12 bits per heavy atom. The number of rotatable bonds is 0. The molecule has 1 heteroatoms. The minimum absolute atomic E-state index is 0.318. The molecule has 0 saturated heterocycles. The monoisotopic (exact) mass is 324 g/mol. The number of hydrogen-bond acceptors (Lipinski definition) is 0. The van der Waals surface area contributed by atoms with E-state index in [1.54, 1.807) is 11.1 Å². The van der Waals surface area contributed by atoms with E-state index in [4.69, 9.17) is 0 Å². The molecule has 16 heavy (non-hydrogen) atoms. The first-order chi connectivity index (χ1) is 7.60. The molecule has 0 fully saturated rings. The lowest BCUT2D eigenvalue weighted by Crippen LogP contribution is -2.25. The van der Waals surface area contributed by atoms with Crippen LogP contribution < -0.4 is 0 Å². The number of hydrogen-bond donors (Lipinski definition) is 0. The van der Waals surface area contributed by atoms with E-state index in [2.05, 4.69) is 66.8 Å². The minimum atomic E-state index is 0.318. The molecule has 1 aromatic carbocycles. The van der Waals surface area contributed by atoms with E-state index in [9.17, 15) is 0 Å². The zero-order chi connectivity index (χ0) is 11.3. The number of fused-ring (bicyclic) bond motifs is 3. The van der Waals surface area contributed by atoms with Crippen molar-refractivity contribution in [1.29, 1.82) is 0 Å². The fourth-order valence-corrected chi connectivity index (χ4v) is 4.01. The van der Waals surface area contributed by atoms with Crippen molar-refractivity contribution in [3.05, 3.63) is 45.0 Å². The van der Waals surface area contributed by atoms with Crippen molar-refractivity contribution in [2.45, 2.75) is 38.0 Å². The minimum Gasteiger partial charge on any atom is -0.0882 e. The third-order valence-electron chi connectivity index (χ3n) is 4.36. The molecule has 0 aromatic heterocycles. The van der Waals surface area contributed by atoms with Gasteiger partial charge in [0.2, 0.25) is 0 Å². The average molecular weight is 324 g/mol. The molecule has 0 aliphatic heterocycles. The lowest BCUT2D eigenvalue weighted by atomic mass is 9.73. The highest BCUT2D eigenvalue weighted by molar-refractivity contribution is 14.1. The van der Waals surface area contributed by atoms with Crippen molar-refractivity contribution >= 4 is 22.6 Å². The van der Waals surface area contributed by atoms with Gasteiger partial charge in [0.15, 0.2) is 0 Å². The van der Waals surface area contributed by atoms with Crippen LogP contribution in [0.25, 0.3) is 0 Å². The number of benzene rings is 1. The Balaban J connectivity index is 2.20. The van der Waals surface area contributed by atoms with E-state index in [1.807, 2.05) is 0 Å². The van der Waals surface area contributed by atoms with Gasteiger partial charge in [-0.3, -0.25) is 0 Å². The lowest BCUT2D eigenvalue weighted by Gasteiger charge is -2.31. The molecular formula is C15H17I. The predicted molar refractivity (Wildman–Crippen MR) is 76.8 cm³/mol. The van der Waals surface area contributed by atoms with Crippen LogP contribution in [0, 0.1) is 9.49 Å². The second kappa shape index (κ2) is 3.59. The second-order valence-corrected chi connectivity index (χ2v) is 6.84. The van der Waals surface area contributed by atoms with Crippen molar-refractivity contribution < 1.29 is 0 Å². The highest BCUT2D eigenvalue weighted by Gasteiger charge is 2.45. The fourth-order valence-electron chi connectivity index (χ4n) is 3.51. The van der Waals surface area contributed by atoms with Crippen LogP contribution in [0.2, 0.25) is 0 Å². The Bertz CT molecular complexity index is 457. The van der Waals surface area contributed by atoms with Gasteiger partial charge in [0.05, 0.1) is 0 Å². The van der Waals surface area contributed by atoms with Gasteiger partial charge in [0.25, 0.3) is 0 Å². The Labute approximate surface area is 111 Å². The van der Waals surface area contributed by atoms with Crippen LogP contribution >= 0.6 is 22.6 Å². The van der Waals surface area contributed by atoms with Gasteiger partial charge in [-0.15, -0.1) is 0 Å². The van der Waals surface area contributed by atoms with Crippen molar-refractivity contribution in [1.82, 2.24) is 0 Å². The lowest BCUT2D eigenvalue weighted by molar-refractivity contribution is 0.347. The van der Waals surface area contributed by atoms with Crippen LogP contribution in [0.5, 0.6) is 0 Å². The summed E-state index contributed by atoms with van der Waals surface area (Å²) in [6.07, 6.45) is 7.42. The summed E-state index contributed by atoms with van der Waals surface area (Å²) in [5.74, 6) is 1.49. The second-order valence-electron chi connectivity index (χ2n) is 5.59. The van der Waals surface area contributed by atoms with E-state index < -0.39 is 0 Å². The third kappa shape index (κ3) is 1.40. The third-order valence-corrected chi connectivity index (χ3v) is 5.03. The molecule has 2 atom stereocenters. The maximum absolute atomic E-state index is 2.46. The normalized spacial score (nSPS) is 29.9. The van der Waals surface area contributed by atoms with Crippen molar-refractivity contribution in [3.63, 3.8) is 0 Å². The van der Waals surface area contributed by atoms with Crippen molar-refractivity contribution in [3.8, 4) is 0 Å². The van der Waals surface area contributed by atoms with Gasteiger partial charge < -0.3 is 0 Å². The largest absolute Gasteiger partial charge is 0.0882 e. The first-order valence-corrected chi connectivity index (χ1v) is 7.15. The molecule has 0 spiro atoms. The van der Waals surface area contributed by atoms with Crippen LogP contribution in [0.4, 0.5) is 0 Å². The van der Waals surface area contributed by atoms with Crippen LogP contribution in [0.3, 0.4) is 0 Å². The highest BCUT2D eigenvalue weighted by Crippen LogP contribution is 2.54. The van der Waals surface area contributed by atoms with Crippen LogP contribution in [0.15, 0.2) is 30.4 Å². The molecule has 0 nitrogen and oxygen atoms in total. The molecule has 1 aromatic rings. The predicted octanol–water partition coefficient (Wildman–Crippen LogP) is 4.63. The molecule has 0 bridgehead atoms. The molecule has 0 saturated carbocycles. The maximum Gasteiger partial charge on any atom is 0.0133 e. The standard InChI is InChI=1S/C15H17I/c1-15(2)13-6-4-3-5-11(13)12-8-7-10(16)9-14(12)15/h4,6-9,11,13H,3,5H2,1-2H3. The average Bonchev–Trinajstić information content (AvgIpc) is 2.49. The summed E-state index contributed by atoms with van der Waals surface area (Å²) in [5, 5.41) is 0. The first-order valence-electron chi connectivity index (χ1n) is 6.07. The van der Waals surface area contributed by atoms with Crippen molar-refractivity contribution in [2.75, 3.05) is 0 Å². The zero-order valence-corrected chi connectivity index (χ0v) is 12.0. The smallest absolute Gasteiger partial charge is 0.0133 e. The summed E-state index contributed by atoms with van der Waals surface area (Å²) < 4.78 is 1.37. The zero-order valence-electron chi connectivity index (χ0n) is 9.83. The maximum atomic E-state index is 2.46. The van der Waals surface area contributed by atoms with Crippen LogP contribution in [-0.4, -0.2) is 0 Å². The summed E-state index contributed by atoms with van der Waals surface area (Å²) in [4.78, 5) is 0. The Morgan fingerprint density at radius 1 is 1.31 bits per heavy atom. The molecule has 0 heterocycles. The van der Waals surface area contributed by atoms with Gasteiger partial charge in [-0.05, 0) is 75.9 Å². The van der Waals surface area contributed by atoms with Crippen LogP contribution in [0.1, 0.15) is 43.7 Å². The van der Waals surface area contributed by atoms with E-state index in [0.29, 0.717) is 5.41 Å². The number of allylic oxidation sites excluding steroid dienone is 2. The molecule has 84 valence electrons. The molecule has 0 radical (unpaired) electrons.